The fourth-order valence-corrected chi connectivity index (χ4v) is 1.92. The van der Waals surface area contributed by atoms with Crippen LogP contribution in [-0.2, 0) is 4.74 Å². The maximum atomic E-state index is 11.8. The fourth-order valence-electron chi connectivity index (χ4n) is 1.92. The molecule has 1 heterocycles. The number of hydrogen-bond acceptors (Lipinski definition) is 4. The van der Waals surface area contributed by atoms with Gasteiger partial charge in [0.2, 0.25) is 0 Å². The third-order valence-electron chi connectivity index (χ3n) is 2.84. The largest absolute Gasteiger partial charge is 0.444 e. The summed E-state index contributed by atoms with van der Waals surface area (Å²) in [6.07, 6.45) is 1.17. The van der Waals surface area contributed by atoms with Gasteiger partial charge in [0, 0.05) is 19.1 Å². The van der Waals surface area contributed by atoms with Gasteiger partial charge in [-0.15, -0.1) is 0 Å². The van der Waals surface area contributed by atoms with Crippen molar-refractivity contribution >= 4 is 6.09 Å². The first-order valence-corrected chi connectivity index (χ1v) is 6.67. The Labute approximate surface area is 109 Å². The molecule has 1 saturated heterocycles. The maximum absolute atomic E-state index is 11.8. The highest BCUT2D eigenvalue weighted by Gasteiger charge is 2.29. The molecule has 1 amide bonds. The molecule has 0 spiro atoms. The molecule has 2 unspecified atom stereocenters. The SMILES string of the molecule is CC(O)CCNC1CCN(C(=O)OC(C)(C)C)C1. The molecule has 5 nitrogen and oxygen atoms in total. The third-order valence-corrected chi connectivity index (χ3v) is 2.84. The number of aliphatic hydroxyl groups excluding tert-OH is 1. The number of nitrogens with zero attached hydrogens (tertiary/aromatic N) is 1. The van der Waals surface area contributed by atoms with E-state index in [1.165, 1.54) is 0 Å². The van der Waals surface area contributed by atoms with E-state index < -0.39 is 5.60 Å². The molecule has 0 aromatic carbocycles. The Morgan fingerprint density at radius 1 is 1.56 bits per heavy atom. The Morgan fingerprint density at radius 3 is 2.78 bits per heavy atom. The molecule has 0 radical (unpaired) electrons. The first kappa shape index (κ1) is 15.2. The van der Waals surface area contributed by atoms with Gasteiger partial charge in [0.25, 0.3) is 0 Å². The molecule has 0 aromatic heterocycles. The molecular formula is C13H26N2O3. The molecule has 18 heavy (non-hydrogen) atoms. The van der Waals surface area contributed by atoms with Crippen LogP contribution in [0.25, 0.3) is 0 Å². The highest BCUT2D eigenvalue weighted by Crippen LogP contribution is 2.15. The van der Waals surface area contributed by atoms with E-state index in [1.54, 1.807) is 11.8 Å². The molecule has 0 aromatic rings. The van der Waals surface area contributed by atoms with Crippen molar-refractivity contribution in [1.29, 1.82) is 0 Å². The minimum atomic E-state index is -0.436. The van der Waals surface area contributed by atoms with E-state index in [1.807, 2.05) is 20.8 Å². The summed E-state index contributed by atoms with van der Waals surface area (Å²) in [6, 6.07) is 0.316. The maximum Gasteiger partial charge on any atom is 0.410 e. The molecule has 1 aliphatic rings. The Bertz CT molecular complexity index is 274. The predicted molar refractivity (Wildman–Crippen MR) is 70.5 cm³/mol. The summed E-state index contributed by atoms with van der Waals surface area (Å²) in [5.74, 6) is 0. The van der Waals surface area contributed by atoms with Crippen molar-refractivity contribution in [1.82, 2.24) is 10.2 Å². The van der Waals surface area contributed by atoms with Crippen LogP contribution in [0, 0.1) is 0 Å². The average molecular weight is 258 g/mol. The van der Waals surface area contributed by atoms with Crippen LogP contribution in [0.3, 0.4) is 0 Å². The zero-order valence-electron chi connectivity index (χ0n) is 11.9. The van der Waals surface area contributed by atoms with Crippen molar-refractivity contribution in [2.75, 3.05) is 19.6 Å². The highest BCUT2D eigenvalue weighted by molar-refractivity contribution is 5.68. The number of aliphatic hydroxyl groups is 1. The Balaban J connectivity index is 2.26. The van der Waals surface area contributed by atoms with E-state index in [9.17, 15) is 4.79 Å². The molecule has 2 N–H and O–H groups in total. The molecule has 106 valence electrons. The van der Waals surface area contributed by atoms with Crippen LogP contribution in [0.5, 0.6) is 0 Å². The summed E-state index contributed by atoms with van der Waals surface area (Å²) in [4.78, 5) is 13.6. The second kappa shape index (κ2) is 6.38. The van der Waals surface area contributed by atoms with Gasteiger partial charge in [0.1, 0.15) is 5.60 Å². The Morgan fingerprint density at radius 2 is 2.22 bits per heavy atom. The number of carbonyl (C=O) groups excluding carboxylic acids is 1. The van der Waals surface area contributed by atoms with Crippen molar-refractivity contribution in [3.8, 4) is 0 Å². The van der Waals surface area contributed by atoms with E-state index in [0.29, 0.717) is 12.6 Å². The van der Waals surface area contributed by atoms with E-state index in [-0.39, 0.29) is 12.2 Å². The minimum Gasteiger partial charge on any atom is -0.444 e. The summed E-state index contributed by atoms with van der Waals surface area (Å²) >= 11 is 0. The molecule has 1 aliphatic heterocycles. The molecular weight excluding hydrogens is 232 g/mol. The Hall–Kier alpha value is -0.810. The average Bonchev–Trinajstić information content (AvgIpc) is 2.63. The molecule has 2 atom stereocenters. The van der Waals surface area contributed by atoms with Gasteiger partial charge < -0.3 is 20.1 Å². The van der Waals surface area contributed by atoms with Crippen LogP contribution in [-0.4, -0.2) is 53.5 Å². The van der Waals surface area contributed by atoms with Crippen LogP contribution in [0.2, 0.25) is 0 Å². The highest BCUT2D eigenvalue weighted by atomic mass is 16.6. The molecule has 1 rings (SSSR count). The zero-order valence-corrected chi connectivity index (χ0v) is 11.9. The van der Waals surface area contributed by atoms with Crippen LogP contribution in [0.4, 0.5) is 4.79 Å². The van der Waals surface area contributed by atoms with Gasteiger partial charge in [-0.25, -0.2) is 4.79 Å². The van der Waals surface area contributed by atoms with E-state index >= 15 is 0 Å². The van der Waals surface area contributed by atoms with E-state index in [4.69, 9.17) is 9.84 Å². The van der Waals surface area contributed by atoms with Gasteiger partial charge >= 0.3 is 6.09 Å². The lowest BCUT2D eigenvalue weighted by Crippen LogP contribution is -2.38. The van der Waals surface area contributed by atoms with Gasteiger partial charge in [-0.3, -0.25) is 0 Å². The fraction of sp³-hybridized carbons (Fsp3) is 0.923. The predicted octanol–water partition coefficient (Wildman–Crippen LogP) is 1.36. The van der Waals surface area contributed by atoms with Gasteiger partial charge in [-0.05, 0) is 47.1 Å². The van der Waals surface area contributed by atoms with Crippen molar-refractivity contribution < 1.29 is 14.6 Å². The van der Waals surface area contributed by atoms with Crippen molar-refractivity contribution in [2.45, 2.75) is 58.3 Å². The van der Waals surface area contributed by atoms with Crippen molar-refractivity contribution in [3.05, 3.63) is 0 Å². The van der Waals surface area contributed by atoms with Crippen molar-refractivity contribution in [3.63, 3.8) is 0 Å². The second-order valence-corrected chi connectivity index (χ2v) is 6.00. The van der Waals surface area contributed by atoms with Gasteiger partial charge in [0.15, 0.2) is 0 Å². The minimum absolute atomic E-state index is 0.234. The zero-order chi connectivity index (χ0) is 13.8. The summed E-state index contributed by atoms with van der Waals surface area (Å²) < 4.78 is 5.33. The molecule has 0 saturated carbocycles. The third kappa shape index (κ3) is 5.69. The lowest BCUT2D eigenvalue weighted by atomic mass is 10.2. The lowest BCUT2D eigenvalue weighted by molar-refractivity contribution is 0.0290. The van der Waals surface area contributed by atoms with Gasteiger partial charge in [0.05, 0.1) is 6.10 Å². The van der Waals surface area contributed by atoms with E-state index in [0.717, 1.165) is 25.9 Å². The second-order valence-electron chi connectivity index (χ2n) is 6.00. The van der Waals surface area contributed by atoms with Crippen LogP contribution in [0.15, 0.2) is 0 Å². The number of nitrogens with one attached hydrogen (secondary N) is 1. The standard InChI is InChI=1S/C13H26N2O3/c1-10(16)5-7-14-11-6-8-15(9-11)12(17)18-13(2,3)4/h10-11,14,16H,5-9H2,1-4H3. The number of ether oxygens (including phenoxy) is 1. The van der Waals surface area contributed by atoms with Crippen LogP contribution in [0.1, 0.15) is 40.5 Å². The number of carbonyl (C=O) groups is 1. The summed E-state index contributed by atoms with van der Waals surface area (Å²) in [5, 5.41) is 12.5. The van der Waals surface area contributed by atoms with Crippen molar-refractivity contribution in [2.24, 2.45) is 0 Å². The van der Waals surface area contributed by atoms with Crippen LogP contribution < -0.4 is 5.32 Å². The Kier molecular flexibility index (Phi) is 5.41. The number of hydrogen-bond donors (Lipinski definition) is 2. The lowest BCUT2D eigenvalue weighted by Gasteiger charge is -2.24. The van der Waals surface area contributed by atoms with Gasteiger partial charge in [-0.1, -0.05) is 0 Å². The quantitative estimate of drug-likeness (QED) is 0.799. The monoisotopic (exact) mass is 258 g/mol. The summed E-state index contributed by atoms with van der Waals surface area (Å²) in [5.41, 5.74) is -0.436. The molecule has 0 bridgehead atoms. The normalized spacial score (nSPS) is 22.1. The molecule has 0 aliphatic carbocycles. The number of likely N-dealkylation sites (tertiary alicyclic amines) is 1. The van der Waals surface area contributed by atoms with Crippen LogP contribution >= 0.6 is 0 Å². The summed E-state index contributed by atoms with van der Waals surface area (Å²) in [7, 11) is 0. The number of rotatable bonds is 4. The molecule has 5 heteroatoms. The first-order valence-electron chi connectivity index (χ1n) is 6.67. The first-order chi connectivity index (χ1) is 8.28. The summed E-state index contributed by atoms with van der Waals surface area (Å²) in [6.45, 7) is 9.61. The smallest absolute Gasteiger partial charge is 0.410 e. The molecule has 1 fully saturated rings. The topological polar surface area (TPSA) is 61.8 Å². The van der Waals surface area contributed by atoms with E-state index in [2.05, 4.69) is 5.32 Å². The number of amides is 1. The van der Waals surface area contributed by atoms with Gasteiger partial charge in [-0.2, -0.15) is 0 Å².